The summed E-state index contributed by atoms with van der Waals surface area (Å²) in [5, 5.41) is 3.10. The molecule has 2 rings (SSSR count). The lowest BCUT2D eigenvalue weighted by molar-refractivity contribution is 0.628. The second-order valence-corrected chi connectivity index (χ2v) is 4.61. The second kappa shape index (κ2) is 6.49. The lowest BCUT2D eigenvalue weighted by Crippen LogP contribution is -2.11. The van der Waals surface area contributed by atoms with Crippen molar-refractivity contribution in [3.8, 4) is 0 Å². The van der Waals surface area contributed by atoms with E-state index in [4.69, 9.17) is 17.4 Å². The van der Waals surface area contributed by atoms with E-state index in [1.54, 1.807) is 12.1 Å². The summed E-state index contributed by atoms with van der Waals surface area (Å²) in [4.78, 5) is 8.61. The fraction of sp³-hybridized carbons (Fsp3) is 0.231. The molecular weight excluding hydrogens is 281 g/mol. The predicted molar refractivity (Wildman–Crippen MR) is 78.5 cm³/mol. The van der Waals surface area contributed by atoms with E-state index in [2.05, 4.69) is 20.7 Å². The fourth-order valence-corrected chi connectivity index (χ4v) is 1.87. The van der Waals surface area contributed by atoms with Gasteiger partial charge in [0, 0.05) is 18.2 Å². The number of hydrogen-bond donors (Lipinski definition) is 3. The number of rotatable bonds is 5. The van der Waals surface area contributed by atoms with Crippen LogP contribution in [0.25, 0.3) is 0 Å². The van der Waals surface area contributed by atoms with Crippen LogP contribution in [0.15, 0.2) is 24.3 Å². The Morgan fingerprint density at radius 1 is 1.25 bits per heavy atom. The number of halogens is 2. The number of hydrazine groups is 1. The van der Waals surface area contributed by atoms with Crippen LogP contribution in [0, 0.1) is 5.82 Å². The van der Waals surface area contributed by atoms with E-state index in [0.29, 0.717) is 23.1 Å². The normalized spacial score (nSPS) is 10.4. The topological polar surface area (TPSA) is 75.9 Å². The zero-order valence-corrected chi connectivity index (χ0v) is 11.7. The molecule has 0 bridgehead atoms. The third-order valence-electron chi connectivity index (χ3n) is 2.59. The number of nitrogens with zero attached hydrogens (tertiary/aromatic N) is 2. The summed E-state index contributed by atoms with van der Waals surface area (Å²) in [6.45, 7) is 2.04. The molecule has 0 unspecified atom stereocenters. The van der Waals surface area contributed by atoms with Crippen molar-refractivity contribution < 1.29 is 4.39 Å². The molecule has 1 aromatic carbocycles. The van der Waals surface area contributed by atoms with Crippen LogP contribution < -0.4 is 16.6 Å². The van der Waals surface area contributed by atoms with Crippen LogP contribution >= 0.6 is 11.6 Å². The minimum absolute atomic E-state index is 0.0509. The van der Waals surface area contributed by atoms with E-state index in [0.717, 1.165) is 12.8 Å². The number of nitrogens with two attached hydrogens (primary N) is 1. The molecule has 0 aliphatic rings. The molecule has 0 saturated heterocycles. The van der Waals surface area contributed by atoms with Gasteiger partial charge >= 0.3 is 0 Å². The van der Waals surface area contributed by atoms with Gasteiger partial charge in [0.25, 0.3) is 0 Å². The molecule has 5 nitrogen and oxygen atoms in total. The zero-order chi connectivity index (χ0) is 14.5. The van der Waals surface area contributed by atoms with E-state index in [9.17, 15) is 4.39 Å². The van der Waals surface area contributed by atoms with Crippen LogP contribution in [0.3, 0.4) is 0 Å². The third kappa shape index (κ3) is 3.55. The number of nitrogens with one attached hydrogen (secondary N) is 2. The number of hydrogen-bond acceptors (Lipinski definition) is 5. The predicted octanol–water partition coefficient (Wildman–Crippen LogP) is 3.25. The molecule has 0 saturated carbocycles. The highest BCUT2D eigenvalue weighted by molar-refractivity contribution is 6.31. The molecule has 2 aromatic rings. The quantitative estimate of drug-likeness (QED) is 0.583. The Morgan fingerprint density at radius 3 is 2.65 bits per heavy atom. The molecule has 0 radical (unpaired) electrons. The first-order chi connectivity index (χ1) is 9.62. The molecule has 0 spiro atoms. The van der Waals surface area contributed by atoms with E-state index in [-0.39, 0.29) is 5.02 Å². The van der Waals surface area contributed by atoms with Gasteiger partial charge in [-0.1, -0.05) is 18.5 Å². The maximum Gasteiger partial charge on any atom is 0.145 e. The number of benzene rings is 1. The smallest absolute Gasteiger partial charge is 0.145 e. The summed E-state index contributed by atoms with van der Waals surface area (Å²) >= 11 is 5.74. The summed E-state index contributed by atoms with van der Waals surface area (Å²) in [5.41, 5.74) is 3.13. The van der Waals surface area contributed by atoms with E-state index >= 15 is 0 Å². The summed E-state index contributed by atoms with van der Waals surface area (Å²) < 4.78 is 13.1. The molecule has 1 heterocycles. The Hall–Kier alpha value is -1.92. The highest BCUT2D eigenvalue weighted by Crippen LogP contribution is 2.23. The highest BCUT2D eigenvalue weighted by Gasteiger charge is 2.06. The molecule has 0 fully saturated rings. The maximum absolute atomic E-state index is 13.1. The van der Waals surface area contributed by atoms with Crippen LogP contribution in [0.4, 0.5) is 21.7 Å². The maximum atomic E-state index is 13.1. The summed E-state index contributed by atoms with van der Waals surface area (Å²) in [6, 6.07) is 6.03. The Labute approximate surface area is 121 Å². The standard InChI is InChI=1S/C13H15ClFN5/c1-2-3-11-18-12(7-13(19-11)20-16)17-8-4-5-10(15)9(14)6-8/h4-7H,2-3,16H2,1H3,(H2,17,18,19,20). The van der Waals surface area contributed by atoms with Crippen molar-refractivity contribution in [3.05, 3.63) is 40.9 Å². The van der Waals surface area contributed by atoms with Crippen molar-refractivity contribution in [2.45, 2.75) is 19.8 Å². The molecular formula is C13H15ClFN5. The minimum atomic E-state index is -0.462. The van der Waals surface area contributed by atoms with Crippen LogP contribution in [0.5, 0.6) is 0 Å². The average Bonchev–Trinajstić information content (AvgIpc) is 2.43. The van der Waals surface area contributed by atoms with Gasteiger partial charge in [-0.3, -0.25) is 0 Å². The highest BCUT2D eigenvalue weighted by atomic mass is 35.5. The van der Waals surface area contributed by atoms with Crippen LogP contribution in [0.1, 0.15) is 19.2 Å². The van der Waals surface area contributed by atoms with Crippen molar-refractivity contribution in [1.82, 2.24) is 9.97 Å². The van der Waals surface area contributed by atoms with Crippen molar-refractivity contribution in [1.29, 1.82) is 0 Å². The third-order valence-corrected chi connectivity index (χ3v) is 2.88. The monoisotopic (exact) mass is 295 g/mol. The first kappa shape index (κ1) is 14.5. The number of nitrogen functional groups attached to an aromatic ring is 1. The first-order valence-corrected chi connectivity index (χ1v) is 6.57. The molecule has 0 aliphatic carbocycles. The SMILES string of the molecule is CCCc1nc(NN)cc(Nc2ccc(F)c(Cl)c2)n1. The Balaban J connectivity index is 2.27. The fourth-order valence-electron chi connectivity index (χ4n) is 1.69. The summed E-state index contributed by atoms with van der Waals surface area (Å²) in [7, 11) is 0. The molecule has 20 heavy (non-hydrogen) atoms. The van der Waals surface area contributed by atoms with Gasteiger partial charge in [-0.2, -0.15) is 0 Å². The average molecular weight is 296 g/mol. The largest absolute Gasteiger partial charge is 0.340 e. The molecule has 0 aliphatic heterocycles. The van der Waals surface area contributed by atoms with Crippen molar-refractivity contribution in [2.75, 3.05) is 10.7 Å². The zero-order valence-electron chi connectivity index (χ0n) is 11.0. The van der Waals surface area contributed by atoms with Crippen LogP contribution in [-0.4, -0.2) is 9.97 Å². The van der Waals surface area contributed by atoms with Crippen molar-refractivity contribution in [2.24, 2.45) is 5.84 Å². The molecule has 106 valence electrons. The van der Waals surface area contributed by atoms with Gasteiger partial charge in [0.1, 0.15) is 23.3 Å². The molecule has 0 amide bonds. The summed E-state index contributed by atoms with van der Waals surface area (Å²) in [6.07, 6.45) is 1.67. The van der Waals surface area contributed by atoms with Gasteiger partial charge in [0.05, 0.1) is 5.02 Å². The lowest BCUT2D eigenvalue weighted by Gasteiger charge is -2.10. The van der Waals surface area contributed by atoms with Gasteiger partial charge in [0.15, 0.2) is 0 Å². The van der Waals surface area contributed by atoms with E-state index in [1.807, 2.05) is 6.92 Å². The Kier molecular flexibility index (Phi) is 4.70. The number of anilines is 3. The Morgan fingerprint density at radius 2 is 2.00 bits per heavy atom. The van der Waals surface area contributed by atoms with Gasteiger partial charge in [0.2, 0.25) is 0 Å². The molecule has 0 atom stereocenters. The van der Waals surface area contributed by atoms with Crippen molar-refractivity contribution in [3.63, 3.8) is 0 Å². The van der Waals surface area contributed by atoms with E-state index in [1.165, 1.54) is 12.1 Å². The number of aryl methyl sites for hydroxylation is 1. The Bertz CT molecular complexity index is 605. The van der Waals surface area contributed by atoms with Gasteiger partial charge in [-0.25, -0.2) is 20.2 Å². The summed E-state index contributed by atoms with van der Waals surface area (Å²) in [5.74, 6) is 6.68. The second-order valence-electron chi connectivity index (χ2n) is 4.20. The van der Waals surface area contributed by atoms with Gasteiger partial charge < -0.3 is 10.7 Å². The molecule has 4 N–H and O–H groups in total. The first-order valence-electron chi connectivity index (χ1n) is 6.19. The van der Waals surface area contributed by atoms with Gasteiger partial charge in [-0.05, 0) is 24.6 Å². The van der Waals surface area contributed by atoms with Crippen LogP contribution in [0.2, 0.25) is 5.02 Å². The lowest BCUT2D eigenvalue weighted by atomic mass is 10.3. The van der Waals surface area contributed by atoms with Gasteiger partial charge in [-0.15, -0.1) is 0 Å². The minimum Gasteiger partial charge on any atom is -0.340 e. The number of aromatic nitrogens is 2. The van der Waals surface area contributed by atoms with Crippen LogP contribution in [-0.2, 0) is 6.42 Å². The van der Waals surface area contributed by atoms with Crippen molar-refractivity contribution >= 4 is 28.9 Å². The van der Waals surface area contributed by atoms with E-state index < -0.39 is 5.82 Å². The molecule has 7 heteroatoms. The molecule has 1 aromatic heterocycles.